The first kappa shape index (κ1) is 21.5. The Bertz CT molecular complexity index is 952. The maximum atomic E-state index is 13.0. The Kier molecular flexibility index (Phi) is 5.83. The molecule has 0 unspecified atom stereocenters. The van der Waals surface area contributed by atoms with Crippen LogP contribution in [0.15, 0.2) is 36.4 Å². The molecule has 5 nitrogen and oxygen atoms in total. The fraction of sp³-hybridized carbons (Fsp3) is 0.435. The molecule has 2 aliphatic rings. The molecular formula is C23H25F3N2O3. The smallest absolute Gasteiger partial charge is 0.496 e. The second-order valence-electron chi connectivity index (χ2n) is 8.19. The number of piperidine rings is 1. The van der Waals surface area contributed by atoms with Crippen molar-refractivity contribution in [3.8, 4) is 11.5 Å². The summed E-state index contributed by atoms with van der Waals surface area (Å²) in [7, 11) is 3.70. The molecule has 2 heterocycles. The van der Waals surface area contributed by atoms with E-state index in [0.29, 0.717) is 30.3 Å². The maximum Gasteiger partial charge on any atom is 0.573 e. The van der Waals surface area contributed by atoms with E-state index in [1.807, 2.05) is 6.07 Å². The molecule has 0 saturated carbocycles. The highest BCUT2D eigenvalue weighted by atomic mass is 19.4. The molecule has 1 fully saturated rings. The molecule has 0 aromatic heterocycles. The van der Waals surface area contributed by atoms with Crippen LogP contribution < -0.4 is 9.47 Å². The van der Waals surface area contributed by atoms with E-state index in [9.17, 15) is 18.0 Å². The van der Waals surface area contributed by atoms with Crippen LogP contribution >= 0.6 is 0 Å². The van der Waals surface area contributed by atoms with Gasteiger partial charge in [0, 0.05) is 13.1 Å². The molecule has 4 rings (SSSR count). The van der Waals surface area contributed by atoms with Gasteiger partial charge in [-0.25, -0.2) is 0 Å². The molecule has 0 N–H and O–H groups in total. The predicted octanol–water partition coefficient (Wildman–Crippen LogP) is 4.56. The molecule has 8 heteroatoms. The van der Waals surface area contributed by atoms with Crippen molar-refractivity contribution in [3.63, 3.8) is 0 Å². The zero-order chi connectivity index (χ0) is 22.2. The predicted molar refractivity (Wildman–Crippen MR) is 109 cm³/mol. The van der Waals surface area contributed by atoms with Crippen LogP contribution in [0.5, 0.6) is 11.5 Å². The summed E-state index contributed by atoms with van der Waals surface area (Å²) in [5.41, 5.74) is 3.45. The number of nitrogens with zero attached hydrogens (tertiary/aromatic N) is 2. The second kappa shape index (κ2) is 8.42. The van der Waals surface area contributed by atoms with Gasteiger partial charge in [-0.3, -0.25) is 4.79 Å². The Morgan fingerprint density at radius 1 is 1.10 bits per heavy atom. The number of carbonyl (C=O) groups excluding carboxylic acids is 1. The lowest BCUT2D eigenvalue weighted by Crippen LogP contribution is -2.29. The number of rotatable bonds is 5. The number of methoxy groups -OCH3 is 1. The first-order valence-corrected chi connectivity index (χ1v) is 10.3. The molecule has 0 bridgehead atoms. The van der Waals surface area contributed by atoms with Crippen LogP contribution in [0.1, 0.15) is 45.8 Å². The summed E-state index contributed by atoms with van der Waals surface area (Å²) in [6, 6.07) is 9.70. The zero-order valence-electron chi connectivity index (χ0n) is 17.5. The number of benzene rings is 2. The normalized spacial score (nSPS) is 17.7. The standard InChI is InChI=1S/C23H25F3N2O3/c1-27-9-7-16(8-10-27)17-11-18-14-28(22(29)21(18)20(12-17)30-2)13-15-3-5-19(6-4-15)31-23(24,25)26/h3-6,11-12,16H,7-10,13-14H2,1-2H3. The van der Waals surface area contributed by atoms with E-state index >= 15 is 0 Å². The molecule has 0 atom stereocenters. The average Bonchev–Trinajstić information content (AvgIpc) is 3.03. The van der Waals surface area contributed by atoms with Crippen LogP contribution in [-0.2, 0) is 13.1 Å². The third kappa shape index (κ3) is 4.79. The van der Waals surface area contributed by atoms with Crippen molar-refractivity contribution < 1.29 is 27.4 Å². The van der Waals surface area contributed by atoms with Gasteiger partial charge in [-0.15, -0.1) is 13.2 Å². The molecule has 2 aromatic carbocycles. The summed E-state index contributed by atoms with van der Waals surface area (Å²) in [5, 5.41) is 0. The van der Waals surface area contributed by atoms with Crippen molar-refractivity contribution in [2.24, 2.45) is 0 Å². The number of ether oxygens (including phenoxy) is 2. The van der Waals surface area contributed by atoms with E-state index in [1.54, 1.807) is 24.1 Å². The van der Waals surface area contributed by atoms with Gasteiger partial charge in [-0.1, -0.05) is 18.2 Å². The molecule has 2 aliphatic heterocycles. The minimum atomic E-state index is -4.73. The topological polar surface area (TPSA) is 42.0 Å². The molecule has 0 radical (unpaired) electrons. The number of likely N-dealkylation sites (tertiary alicyclic amines) is 1. The monoisotopic (exact) mass is 434 g/mol. The van der Waals surface area contributed by atoms with Crippen molar-refractivity contribution in [1.29, 1.82) is 0 Å². The molecule has 1 amide bonds. The van der Waals surface area contributed by atoms with Gasteiger partial charge in [0.25, 0.3) is 5.91 Å². The summed E-state index contributed by atoms with van der Waals surface area (Å²) in [6.07, 6.45) is -2.58. The van der Waals surface area contributed by atoms with Gasteiger partial charge in [0.2, 0.25) is 0 Å². The molecule has 0 spiro atoms. The Hall–Kier alpha value is -2.74. The van der Waals surface area contributed by atoms with Crippen LogP contribution in [-0.4, -0.2) is 49.3 Å². The van der Waals surface area contributed by atoms with Gasteiger partial charge in [0.1, 0.15) is 11.5 Å². The van der Waals surface area contributed by atoms with Crippen LogP contribution in [0.4, 0.5) is 13.2 Å². The Labute approximate surface area is 179 Å². The van der Waals surface area contributed by atoms with Crippen LogP contribution in [0.25, 0.3) is 0 Å². The minimum Gasteiger partial charge on any atom is -0.496 e. The largest absolute Gasteiger partial charge is 0.573 e. The fourth-order valence-electron chi connectivity index (χ4n) is 4.38. The SMILES string of the molecule is COc1cc(C2CCN(C)CC2)cc2c1C(=O)N(Cc1ccc(OC(F)(F)F)cc1)C2. The Balaban J connectivity index is 1.50. The molecule has 1 saturated heterocycles. The van der Waals surface area contributed by atoms with Crippen LogP contribution in [0.3, 0.4) is 0 Å². The lowest BCUT2D eigenvalue weighted by Gasteiger charge is -2.29. The summed E-state index contributed by atoms with van der Waals surface area (Å²) in [6.45, 7) is 2.84. The lowest BCUT2D eigenvalue weighted by molar-refractivity contribution is -0.274. The number of alkyl halides is 3. The Morgan fingerprint density at radius 2 is 1.77 bits per heavy atom. The highest BCUT2D eigenvalue weighted by Crippen LogP contribution is 2.38. The van der Waals surface area contributed by atoms with E-state index in [0.717, 1.165) is 37.1 Å². The van der Waals surface area contributed by atoms with Crippen LogP contribution in [0.2, 0.25) is 0 Å². The van der Waals surface area contributed by atoms with E-state index in [-0.39, 0.29) is 11.7 Å². The second-order valence-corrected chi connectivity index (χ2v) is 8.19. The maximum absolute atomic E-state index is 13.0. The zero-order valence-corrected chi connectivity index (χ0v) is 17.5. The molecular weight excluding hydrogens is 409 g/mol. The van der Waals surface area contributed by atoms with Gasteiger partial charge < -0.3 is 19.3 Å². The van der Waals surface area contributed by atoms with E-state index in [4.69, 9.17) is 4.74 Å². The molecule has 0 aliphatic carbocycles. The van der Waals surface area contributed by atoms with Crippen molar-refractivity contribution >= 4 is 5.91 Å². The number of amides is 1. The van der Waals surface area contributed by atoms with Crippen molar-refractivity contribution in [2.75, 3.05) is 27.2 Å². The molecule has 2 aromatic rings. The highest BCUT2D eigenvalue weighted by molar-refractivity contribution is 6.01. The summed E-state index contributed by atoms with van der Waals surface area (Å²) in [5.74, 6) is 0.628. The minimum absolute atomic E-state index is 0.127. The number of halogens is 3. The summed E-state index contributed by atoms with van der Waals surface area (Å²) < 4.78 is 46.5. The average molecular weight is 434 g/mol. The summed E-state index contributed by atoms with van der Waals surface area (Å²) in [4.78, 5) is 17.0. The quantitative estimate of drug-likeness (QED) is 0.692. The van der Waals surface area contributed by atoms with Crippen molar-refractivity contribution in [2.45, 2.75) is 38.2 Å². The number of carbonyl (C=O) groups is 1. The molecule has 166 valence electrons. The van der Waals surface area contributed by atoms with Gasteiger partial charge in [0.05, 0.1) is 12.7 Å². The first-order chi connectivity index (χ1) is 14.7. The van der Waals surface area contributed by atoms with Gasteiger partial charge >= 0.3 is 6.36 Å². The van der Waals surface area contributed by atoms with Gasteiger partial charge in [0.15, 0.2) is 0 Å². The number of fused-ring (bicyclic) bond motifs is 1. The Morgan fingerprint density at radius 3 is 2.39 bits per heavy atom. The van der Waals surface area contributed by atoms with E-state index < -0.39 is 6.36 Å². The third-order valence-corrected chi connectivity index (χ3v) is 6.01. The van der Waals surface area contributed by atoms with E-state index in [2.05, 4.69) is 22.8 Å². The summed E-state index contributed by atoms with van der Waals surface area (Å²) >= 11 is 0. The van der Waals surface area contributed by atoms with Gasteiger partial charge in [-0.05, 0) is 73.8 Å². The highest BCUT2D eigenvalue weighted by Gasteiger charge is 2.33. The lowest BCUT2D eigenvalue weighted by atomic mass is 9.87. The van der Waals surface area contributed by atoms with Gasteiger partial charge in [-0.2, -0.15) is 0 Å². The van der Waals surface area contributed by atoms with Crippen molar-refractivity contribution in [1.82, 2.24) is 9.80 Å². The first-order valence-electron chi connectivity index (χ1n) is 10.3. The van der Waals surface area contributed by atoms with Crippen LogP contribution in [0, 0.1) is 0 Å². The number of hydrogen-bond donors (Lipinski definition) is 0. The third-order valence-electron chi connectivity index (χ3n) is 6.01. The molecule has 31 heavy (non-hydrogen) atoms. The number of hydrogen-bond acceptors (Lipinski definition) is 4. The fourth-order valence-corrected chi connectivity index (χ4v) is 4.38. The van der Waals surface area contributed by atoms with E-state index in [1.165, 1.54) is 17.7 Å². The van der Waals surface area contributed by atoms with Crippen molar-refractivity contribution in [3.05, 3.63) is 58.7 Å².